The van der Waals surface area contributed by atoms with E-state index in [0.717, 1.165) is 12.3 Å². The van der Waals surface area contributed by atoms with E-state index >= 15 is 0 Å². The van der Waals surface area contributed by atoms with E-state index in [0.29, 0.717) is 0 Å². The molecule has 1 aromatic heterocycles. The summed E-state index contributed by atoms with van der Waals surface area (Å²) in [6.45, 7) is 0.0845. The van der Waals surface area contributed by atoms with Gasteiger partial charge in [-0.3, -0.25) is 10.1 Å². The van der Waals surface area contributed by atoms with Crippen LogP contribution in [0.5, 0.6) is 0 Å². The van der Waals surface area contributed by atoms with Crippen LogP contribution in [0.2, 0.25) is 0 Å². The fourth-order valence-electron chi connectivity index (χ4n) is 1.51. The molecule has 21 heavy (non-hydrogen) atoms. The third kappa shape index (κ3) is 5.63. The minimum absolute atomic E-state index is 0.0845. The fourth-order valence-corrected chi connectivity index (χ4v) is 1.51. The van der Waals surface area contributed by atoms with Crippen LogP contribution in [0.15, 0.2) is 12.3 Å². The summed E-state index contributed by atoms with van der Waals surface area (Å²) in [4.78, 5) is 24.3. The maximum absolute atomic E-state index is 11.9. The van der Waals surface area contributed by atoms with Gasteiger partial charge in [-0.1, -0.05) is 0 Å². The van der Waals surface area contributed by atoms with Gasteiger partial charge in [-0.05, 0) is 12.8 Å². The second-order valence-electron chi connectivity index (χ2n) is 4.15. The smallest absolute Gasteiger partial charge is 0.389 e. The van der Waals surface area contributed by atoms with Crippen LogP contribution in [-0.2, 0) is 0 Å². The summed E-state index contributed by atoms with van der Waals surface area (Å²) in [5.74, 6) is -1.52. The van der Waals surface area contributed by atoms with Gasteiger partial charge in [-0.2, -0.15) is 13.2 Å². The molecule has 0 amide bonds. The van der Waals surface area contributed by atoms with Crippen LogP contribution >= 0.6 is 0 Å². The van der Waals surface area contributed by atoms with Gasteiger partial charge in [0, 0.05) is 19.0 Å². The van der Waals surface area contributed by atoms with Crippen molar-refractivity contribution in [3.8, 4) is 0 Å². The number of aromatic nitrogens is 1. The number of pyridine rings is 1. The zero-order chi connectivity index (χ0) is 16.0. The first-order valence-electron chi connectivity index (χ1n) is 5.89. The molecular formula is C11H12F3N3O4. The lowest BCUT2D eigenvalue weighted by molar-refractivity contribution is -0.385. The number of hydrogen-bond donors (Lipinski definition) is 2. The van der Waals surface area contributed by atoms with E-state index in [-0.39, 0.29) is 25.2 Å². The van der Waals surface area contributed by atoms with Gasteiger partial charge in [0.25, 0.3) is 5.69 Å². The standard InChI is InChI=1S/C11H12F3N3O4/c12-11(13,14)3-1-2-4-15-9-8(10(18)19)5-7(6-16-9)17(20)21/h5-6H,1-4H2,(H,15,16)(H,18,19). The molecule has 0 bridgehead atoms. The van der Waals surface area contributed by atoms with Gasteiger partial charge in [-0.25, -0.2) is 9.78 Å². The minimum atomic E-state index is -4.22. The molecule has 0 atom stereocenters. The number of carboxylic acids is 1. The van der Waals surface area contributed by atoms with E-state index in [4.69, 9.17) is 5.11 Å². The number of nitrogens with one attached hydrogen (secondary N) is 1. The summed E-state index contributed by atoms with van der Waals surface area (Å²) in [7, 11) is 0. The second-order valence-corrected chi connectivity index (χ2v) is 4.15. The molecular weight excluding hydrogens is 295 g/mol. The molecule has 7 nitrogen and oxygen atoms in total. The van der Waals surface area contributed by atoms with Crippen LogP contribution in [0, 0.1) is 10.1 Å². The normalized spacial score (nSPS) is 11.2. The van der Waals surface area contributed by atoms with Crippen molar-refractivity contribution in [2.75, 3.05) is 11.9 Å². The first-order valence-corrected chi connectivity index (χ1v) is 5.89. The second kappa shape index (κ2) is 6.86. The third-order valence-corrected chi connectivity index (χ3v) is 2.49. The monoisotopic (exact) mass is 307 g/mol. The van der Waals surface area contributed by atoms with Crippen LogP contribution in [0.4, 0.5) is 24.7 Å². The summed E-state index contributed by atoms with van der Waals surface area (Å²) in [6.07, 6.45) is -4.21. The van der Waals surface area contributed by atoms with Gasteiger partial charge < -0.3 is 10.4 Å². The maximum atomic E-state index is 11.9. The number of carboxylic acid groups (broad SMARTS) is 1. The molecule has 0 aromatic carbocycles. The summed E-state index contributed by atoms with van der Waals surface area (Å²) in [5.41, 5.74) is -0.880. The van der Waals surface area contributed by atoms with Gasteiger partial charge in [0.1, 0.15) is 17.6 Å². The Labute approximate surface area is 116 Å². The lowest BCUT2D eigenvalue weighted by Crippen LogP contribution is -2.12. The number of halogens is 3. The van der Waals surface area contributed by atoms with Gasteiger partial charge in [0.05, 0.1) is 4.92 Å². The summed E-state index contributed by atoms with van der Waals surface area (Å²) < 4.78 is 35.8. The highest BCUT2D eigenvalue weighted by Gasteiger charge is 2.25. The van der Waals surface area contributed by atoms with Crippen molar-refractivity contribution in [3.05, 3.63) is 27.9 Å². The lowest BCUT2D eigenvalue weighted by atomic mass is 10.2. The molecule has 0 fully saturated rings. The number of unbranched alkanes of at least 4 members (excludes halogenated alkanes) is 1. The van der Waals surface area contributed by atoms with Crippen LogP contribution < -0.4 is 5.32 Å². The molecule has 0 radical (unpaired) electrons. The Bertz CT molecular complexity index is 534. The highest BCUT2D eigenvalue weighted by molar-refractivity contribution is 5.93. The number of rotatable bonds is 7. The predicted octanol–water partition coefficient (Wildman–Crippen LogP) is 2.83. The molecule has 2 N–H and O–H groups in total. The Hall–Kier alpha value is -2.39. The van der Waals surface area contributed by atoms with Crippen molar-refractivity contribution in [2.45, 2.75) is 25.4 Å². The first kappa shape index (κ1) is 16.7. The van der Waals surface area contributed by atoms with E-state index in [1.54, 1.807) is 0 Å². The molecule has 0 saturated carbocycles. The molecule has 0 unspecified atom stereocenters. The number of carbonyl (C=O) groups is 1. The van der Waals surface area contributed by atoms with E-state index < -0.39 is 34.7 Å². The number of nitro groups is 1. The largest absolute Gasteiger partial charge is 0.478 e. The summed E-state index contributed by atoms with van der Waals surface area (Å²) >= 11 is 0. The van der Waals surface area contributed by atoms with Gasteiger partial charge in [0.15, 0.2) is 0 Å². The summed E-state index contributed by atoms with van der Waals surface area (Å²) in [5, 5.41) is 22.0. The molecule has 0 spiro atoms. The topological polar surface area (TPSA) is 105 Å². The van der Waals surface area contributed by atoms with Crippen molar-refractivity contribution in [1.82, 2.24) is 4.98 Å². The predicted molar refractivity (Wildman–Crippen MR) is 66.2 cm³/mol. The van der Waals surface area contributed by atoms with Crippen molar-refractivity contribution in [3.63, 3.8) is 0 Å². The van der Waals surface area contributed by atoms with E-state index in [9.17, 15) is 28.1 Å². The molecule has 0 saturated heterocycles. The SMILES string of the molecule is O=C(O)c1cc([N+](=O)[O-])cnc1NCCCCC(F)(F)F. The van der Waals surface area contributed by atoms with Crippen molar-refractivity contribution in [2.24, 2.45) is 0 Å². The van der Waals surface area contributed by atoms with Crippen molar-refractivity contribution < 1.29 is 28.0 Å². The first-order chi connectivity index (χ1) is 9.70. The number of hydrogen-bond acceptors (Lipinski definition) is 5. The van der Waals surface area contributed by atoms with E-state index in [1.165, 1.54) is 0 Å². The Morgan fingerprint density at radius 2 is 2.10 bits per heavy atom. The third-order valence-electron chi connectivity index (χ3n) is 2.49. The van der Waals surface area contributed by atoms with Gasteiger partial charge in [0.2, 0.25) is 0 Å². The lowest BCUT2D eigenvalue weighted by Gasteiger charge is -2.09. The van der Waals surface area contributed by atoms with Crippen LogP contribution in [-0.4, -0.2) is 33.7 Å². The maximum Gasteiger partial charge on any atom is 0.389 e. The molecule has 116 valence electrons. The Morgan fingerprint density at radius 1 is 1.43 bits per heavy atom. The molecule has 0 aliphatic rings. The van der Waals surface area contributed by atoms with Crippen LogP contribution in [0.3, 0.4) is 0 Å². The molecule has 10 heteroatoms. The molecule has 0 aliphatic carbocycles. The average Bonchev–Trinajstić information content (AvgIpc) is 2.36. The minimum Gasteiger partial charge on any atom is -0.478 e. The van der Waals surface area contributed by atoms with Gasteiger partial charge in [-0.15, -0.1) is 0 Å². The molecule has 1 heterocycles. The highest BCUT2D eigenvalue weighted by Crippen LogP contribution is 2.22. The number of anilines is 1. The fraction of sp³-hybridized carbons (Fsp3) is 0.455. The van der Waals surface area contributed by atoms with Crippen molar-refractivity contribution in [1.29, 1.82) is 0 Å². The Balaban J connectivity index is 2.62. The molecule has 1 rings (SSSR count). The number of alkyl halides is 3. The zero-order valence-electron chi connectivity index (χ0n) is 10.7. The number of aromatic carboxylic acids is 1. The highest BCUT2D eigenvalue weighted by atomic mass is 19.4. The Morgan fingerprint density at radius 3 is 2.62 bits per heavy atom. The average molecular weight is 307 g/mol. The van der Waals surface area contributed by atoms with E-state index in [2.05, 4.69) is 10.3 Å². The zero-order valence-corrected chi connectivity index (χ0v) is 10.7. The Kier molecular flexibility index (Phi) is 5.44. The molecule has 0 aliphatic heterocycles. The summed E-state index contributed by atoms with van der Waals surface area (Å²) in [6, 6.07) is 0.841. The van der Waals surface area contributed by atoms with Crippen LogP contribution in [0.1, 0.15) is 29.6 Å². The van der Waals surface area contributed by atoms with Crippen molar-refractivity contribution >= 4 is 17.5 Å². The van der Waals surface area contributed by atoms with Crippen LogP contribution in [0.25, 0.3) is 0 Å². The van der Waals surface area contributed by atoms with E-state index in [1.807, 2.05) is 0 Å². The quantitative estimate of drug-likeness (QED) is 0.456. The van der Waals surface area contributed by atoms with Gasteiger partial charge >= 0.3 is 12.1 Å². The number of nitrogens with zero attached hydrogens (tertiary/aromatic N) is 2. The molecule has 1 aromatic rings.